The summed E-state index contributed by atoms with van der Waals surface area (Å²) < 4.78 is 0. The fourth-order valence-electron chi connectivity index (χ4n) is 0.939. The van der Waals surface area contributed by atoms with Crippen LogP contribution in [0.15, 0.2) is 23.2 Å². The van der Waals surface area contributed by atoms with Gasteiger partial charge in [-0.3, -0.25) is 0 Å². The number of anilines is 1. The third-order valence-corrected chi connectivity index (χ3v) is 1.46. The molecule has 7 nitrogen and oxygen atoms in total. The molecule has 0 saturated carbocycles. The number of nitrogens with two attached hydrogens (primary N) is 2. The van der Waals surface area contributed by atoms with Gasteiger partial charge in [-0.25, -0.2) is 10.8 Å². The summed E-state index contributed by atoms with van der Waals surface area (Å²) in [5, 5.41) is 10.5. The zero-order valence-electron chi connectivity index (χ0n) is 8.73. The number of carboxylic acid groups (broad SMARTS) is 1. The van der Waals surface area contributed by atoms with E-state index in [9.17, 15) is 9.90 Å². The molecule has 0 aliphatic carbocycles. The predicted octanol–water partition coefficient (Wildman–Crippen LogP) is -5.07. The molecule has 16 heavy (non-hydrogen) atoms. The number of rotatable bonds is 3. The maximum atomic E-state index is 10.5. The SMILES string of the molecule is NNC=Nc1cc(N)cc(C(=O)[O-])c1.O.[Na+]. The fraction of sp³-hybridized carbons (Fsp3) is 0. The second-order valence-corrected chi connectivity index (χ2v) is 2.53. The van der Waals surface area contributed by atoms with Crippen molar-refractivity contribution in [2.24, 2.45) is 10.8 Å². The number of aromatic carboxylic acids is 1. The van der Waals surface area contributed by atoms with Crippen LogP contribution in [0.1, 0.15) is 10.4 Å². The molecule has 0 aliphatic heterocycles. The summed E-state index contributed by atoms with van der Waals surface area (Å²) in [7, 11) is 0. The van der Waals surface area contributed by atoms with Gasteiger partial charge in [-0.2, -0.15) is 0 Å². The van der Waals surface area contributed by atoms with E-state index < -0.39 is 5.97 Å². The molecule has 0 radical (unpaired) electrons. The molecule has 0 spiro atoms. The molecule has 0 bridgehead atoms. The third kappa shape index (κ3) is 5.10. The van der Waals surface area contributed by atoms with Gasteiger partial charge in [-0.05, 0) is 18.2 Å². The van der Waals surface area contributed by atoms with Gasteiger partial charge in [0, 0.05) is 11.3 Å². The largest absolute Gasteiger partial charge is 1.00 e. The maximum Gasteiger partial charge on any atom is 1.00 e. The van der Waals surface area contributed by atoms with Crippen LogP contribution in [0.3, 0.4) is 0 Å². The Kier molecular flexibility index (Phi) is 8.73. The second kappa shape index (κ2) is 8.08. The molecule has 1 rings (SSSR count). The number of hydrogen-bond donors (Lipinski definition) is 3. The van der Waals surface area contributed by atoms with Crippen molar-refractivity contribution in [2.75, 3.05) is 5.73 Å². The molecule has 1 aromatic carbocycles. The minimum atomic E-state index is -1.30. The molecule has 0 heterocycles. The zero-order chi connectivity index (χ0) is 10.6. The number of nitrogen functional groups attached to an aromatic ring is 1. The van der Waals surface area contributed by atoms with Gasteiger partial charge in [0.25, 0.3) is 0 Å². The van der Waals surface area contributed by atoms with Gasteiger partial charge < -0.3 is 26.5 Å². The summed E-state index contributed by atoms with van der Waals surface area (Å²) in [5.74, 6) is 3.66. The first kappa shape index (κ1) is 17.3. The Labute approximate surface area is 114 Å². The Morgan fingerprint density at radius 2 is 2.06 bits per heavy atom. The van der Waals surface area contributed by atoms with Crippen LogP contribution in [0, 0.1) is 0 Å². The number of carbonyl (C=O) groups is 1. The van der Waals surface area contributed by atoms with Crippen molar-refractivity contribution in [1.82, 2.24) is 5.43 Å². The first-order chi connectivity index (χ1) is 6.63. The quantitative estimate of drug-likeness (QED) is 0.119. The number of hydrogen-bond acceptors (Lipinski definition) is 5. The van der Waals surface area contributed by atoms with Gasteiger partial charge in [0.05, 0.1) is 11.7 Å². The van der Waals surface area contributed by atoms with Crippen molar-refractivity contribution in [1.29, 1.82) is 0 Å². The van der Waals surface area contributed by atoms with Gasteiger partial charge >= 0.3 is 29.6 Å². The Morgan fingerprint density at radius 1 is 1.44 bits per heavy atom. The number of nitrogens with one attached hydrogen (secondary N) is 1. The zero-order valence-corrected chi connectivity index (χ0v) is 10.7. The Bertz CT molecular complexity index is 384. The molecule has 0 fully saturated rings. The minimum Gasteiger partial charge on any atom is -0.545 e. The van der Waals surface area contributed by atoms with Crippen LogP contribution < -0.4 is 51.7 Å². The van der Waals surface area contributed by atoms with Crippen LogP contribution in [0.25, 0.3) is 0 Å². The van der Waals surface area contributed by atoms with Crippen molar-refractivity contribution < 1.29 is 44.9 Å². The van der Waals surface area contributed by atoms with Gasteiger partial charge in [-0.1, -0.05) is 0 Å². The van der Waals surface area contributed by atoms with E-state index >= 15 is 0 Å². The van der Waals surface area contributed by atoms with E-state index in [1.807, 2.05) is 0 Å². The van der Waals surface area contributed by atoms with E-state index in [0.29, 0.717) is 11.4 Å². The molecule has 0 unspecified atom stereocenters. The summed E-state index contributed by atoms with van der Waals surface area (Å²) in [5.41, 5.74) is 8.31. The summed E-state index contributed by atoms with van der Waals surface area (Å²) in [6.45, 7) is 0. The van der Waals surface area contributed by atoms with Gasteiger partial charge in [0.15, 0.2) is 0 Å². The van der Waals surface area contributed by atoms with Crippen LogP contribution in [0.4, 0.5) is 11.4 Å². The number of nitrogens with zero attached hydrogens (tertiary/aromatic N) is 1. The topological polar surface area (TPSA) is 148 Å². The third-order valence-electron chi connectivity index (χ3n) is 1.46. The molecule has 0 atom stereocenters. The Balaban J connectivity index is 0. The van der Waals surface area contributed by atoms with Gasteiger partial charge in [0.1, 0.15) is 6.34 Å². The van der Waals surface area contributed by atoms with Crippen LogP contribution in [-0.2, 0) is 0 Å². The van der Waals surface area contributed by atoms with Gasteiger partial charge in [-0.15, -0.1) is 0 Å². The molecule has 8 heteroatoms. The average Bonchev–Trinajstić information content (AvgIpc) is 2.14. The number of hydrazine groups is 1. The summed E-state index contributed by atoms with van der Waals surface area (Å²) in [4.78, 5) is 14.3. The van der Waals surface area contributed by atoms with Crippen LogP contribution in [-0.4, -0.2) is 17.8 Å². The fourth-order valence-corrected chi connectivity index (χ4v) is 0.939. The number of aliphatic imine (C=N–C) groups is 1. The number of carbonyl (C=O) groups excluding carboxylic acids is 1. The monoisotopic (exact) mass is 234 g/mol. The van der Waals surface area contributed by atoms with E-state index in [0.717, 1.165) is 0 Å². The van der Waals surface area contributed by atoms with E-state index in [2.05, 4.69) is 10.4 Å². The summed E-state index contributed by atoms with van der Waals surface area (Å²) in [6.07, 6.45) is 1.22. The summed E-state index contributed by atoms with van der Waals surface area (Å²) in [6, 6.07) is 4.14. The first-order valence-corrected chi connectivity index (χ1v) is 3.74. The van der Waals surface area contributed by atoms with Crippen LogP contribution in [0.5, 0.6) is 0 Å². The van der Waals surface area contributed by atoms with Gasteiger partial charge in [0.2, 0.25) is 0 Å². The molecule has 82 valence electrons. The average molecular weight is 234 g/mol. The Hall–Kier alpha value is -1.12. The maximum absolute atomic E-state index is 10.5. The van der Waals surface area contributed by atoms with Crippen molar-refractivity contribution in [3.63, 3.8) is 0 Å². The van der Waals surface area contributed by atoms with E-state index in [1.165, 1.54) is 24.5 Å². The molecule has 0 aromatic heterocycles. The van der Waals surface area contributed by atoms with Crippen molar-refractivity contribution in [3.8, 4) is 0 Å². The van der Waals surface area contributed by atoms with Crippen molar-refractivity contribution in [3.05, 3.63) is 23.8 Å². The number of benzene rings is 1. The van der Waals surface area contributed by atoms with E-state index in [1.54, 1.807) is 0 Å². The molecule has 7 N–H and O–H groups in total. The first-order valence-electron chi connectivity index (χ1n) is 3.74. The van der Waals surface area contributed by atoms with Crippen LogP contribution >= 0.6 is 0 Å². The van der Waals surface area contributed by atoms with Crippen molar-refractivity contribution in [2.45, 2.75) is 0 Å². The normalized spacial score (nSPS) is 9.06. The minimum absolute atomic E-state index is 0. The Morgan fingerprint density at radius 3 is 2.56 bits per heavy atom. The molecular formula is C8H11N4NaO3. The molecule has 1 aromatic rings. The van der Waals surface area contributed by atoms with E-state index in [-0.39, 0.29) is 40.6 Å². The molecular weight excluding hydrogens is 223 g/mol. The van der Waals surface area contributed by atoms with Crippen molar-refractivity contribution >= 4 is 23.7 Å². The summed E-state index contributed by atoms with van der Waals surface area (Å²) >= 11 is 0. The molecule has 0 saturated heterocycles. The smallest absolute Gasteiger partial charge is 0.545 e. The van der Waals surface area contributed by atoms with Crippen LogP contribution in [0.2, 0.25) is 0 Å². The predicted molar refractivity (Wildman–Crippen MR) is 54.3 cm³/mol. The second-order valence-electron chi connectivity index (χ2n) is 2.53. The molecule has 0 aliphatic rings. The molecule has 0 amide bonds. The standard InChI is InChI=1S/C8H10N4O2.Na.H2O/c9-6-1-5(8(13)14)2-7(3-6)11-4-12-10;;/h1-4H,9-10H2,(H,11,12)(H,13,14);;1H2/q;+1;/p-1. The van der Waals surface area contributed by atoms with E-state index in [4.69, 9.17) is 11.6 Å². The number of carboxylic acids is 1.